The van der Waals surface area contributed by atoms with Gasteiger partial charge in [0.15, 0.2) is 5.82 Å². The molecule has 0 aliphatic heterocycles. The van der Waals surface area contributed by atoms with Gasteiger partial charge in [-0.1, -0.05) is 214 Å². The van der Waals surface area contributed by atoms with Gasteiger partial charge in [-0.15, -0.1) is 0 Å². The van der Waals surface area contributed by atoms with Crippen LogP contribution in [0.2, 0.25) is 0 Å². The number of hydrogen-bond acceptors (Lipinski definition) is 2. The lowest BCUT2D eigenvalue weighted by Gasteiger charge is -2.22. The SMILES string of the molecule is CC1(C)c2ccccc2-c2ccc(-c3ccc(-c4ccc(-c5cc(-c6ccc(-c7ccccc7)c(-c7ccccc7)c6)nc(-c6ccccc6)n5)c5ccccc45)cc3)cc21. The van der Waals surface area contributed by atoms with E-state index in [1.165, 1.54) is 61.0 Å². The lowest BCUT2D eigenvalue weighted by Crippen LogP contribution is -2.14. The fraction of sp³-hybridized carbons (Fsp3) is 0.0508. The lowest BCUT2D eigenvalue weighted by atomic mass is 9.81. The first-order valence-corrected chi connectivity index (χ1v) is 21.1. The van der Waals surface area contributed by atoms with Gasteiger partial charge in [-0.2, -0.15) is 0 Å². The average molecular weight is 779 g/mol. The Hall–Kier alpha value is -7.68. The molecule has 2 nitrogen and oxygen atoms in total. The predicted octanol–water partition coefficient (Wildman–Crippen LogP) is 15.6. The number of hydrogen-bond donors (Lipinski definition) is 0. The van der Waals surface area contributed by atoms with Crippen LogP contribution in [0.1, 0.15) is 25.0 Å². The van der Waals surface area contributed by atoms with E-state index in [-0.39, 0.29) is 5.41 Å². The van der Waals surface area contributed by atoms with E-state index in [9.17, 15) is 0 Å². The molecule has 1 aliphatic carbocycles. The number of nitrogens with zero attached hydrogens (tertiary/aromatic N) is 2. The fourth-order valence-electron chi connectivity index (χ4n) is 9.38. The van der Waals surface area contributed by atoms with Gasteiger partial charge in [-0.05, 0) is 95.7 Å². The average Bonchev–Trinajstić information content (AvgIpc) is 3.56. The van der Waals surface area contributed by atoms with E-state index in [4.69, 9.17) is 9.97 Å². The van der Waals surface area contributed by atoms with Gasteiger partial charge >= 0.3 is 0 Å². The van der Waals surface area contributed by atoms with Crippen LogP contribution in [0.15, 0.2) is 218 Å². The van der Waals surface area contributed by atoms with Crippen molar-refractivity contribution < 1.29 is 0 Å². The number of benzene rings is 9. The molecule has 0 spiro atoms. The minimum absolute atomic E-state index is 0.0348. The van der Waals surface area contributed by atoms with Crippen LogP contribution >= 0.6 is 0 Å². The van der Waals surface area contributed by atoms with E-state index in [1.807, 2.05) is 18.2 Å². The first-order valence-electron chi connectivity index (χ1n) is 21.1. The molecule has 0 saturated carbocycles. The minimum atomic E-state index is -0.0348. The summed E-state index contributed by atoms with van der Waals surface area (Å²) in [5, 5.41) is 2.34. The van der Waals surface area contributed by atoms with Crippen LogP contribution < -0.4 is 0 Å². The van der Waals surface area contributed by atoms with Gasteiger partial charge in [0.1, 0.15) is 0 Å². The monoisotopic (exact) mass is 778 g/mol. The van der Waals surface area contributed by atoms with E-state index in [0.29, 0.717) is 5.82 Å². The zero-order valence-electron chi connectivity index (χ0n) is 34.2. The predicted molar refractivity (Wildman–Crippen MR) is 255 cm³/mol. The number of rotatable bonds is 7. The molecular weight excluding hydrogens is 737 g/mol. The summed E-state index contributed by atoms with van der Waals surface area (Å²) in [6.07, 6.45) is 0. The molecule has 0 amide bonds. The lowest BCUT2D eigenvalue weighted by molar-refractivity contribution is 0.660. The maximum absolute atomic E-state index is 5.28. The second-order valence-corrected chi connectivity index (χ2v) is 16.5. The van der Waals surface area contributed by atoms with Crippen molar-refractivity contribution in [2.75, 3.05) is 0 Å². The Kier molecular flexibility index (Phi) is 8.86. The van der Waals surface area contributed by atoms with Crippen LogP contribution in [0, 0.1) is 0 Å². The maximum Gasteiger partial charge on any atom is 0.160 e. The third-order valence-corrected chi connectivity index (χ3v) is 12.6. The molecule has 288 valence electrons. The Morgan fingerprint density at radius 2 is 0.754 bits per heavy atom. The smallest absolute Gasteiger partial charge is 0.160 e. The molecule has 2 heteroatoms. The summed E-state index contributed by atoms with van der Waals surface area (Å²) in [7, 11) is 0. The summed E-state index contributed by atoms with van der Waals surface area (Å²) >= 11 is 0. The zero-order valence-corrected chi connectivity index (χ0v) is 34.2. The second-order valence-electron chi connectivity index (χ2n) is 16.5. The highest BCUT2D eigenvalue weighted by Gasteiger charge is 2.35. The third-order valence-electron chi connectivity index (χ3n) is 12.6. The molecule has 0 fully saturated rings. The van der Waals surface area contributed by atoms with Gasteiger partial charge in [-0.3, -0.25) is 0 Å². The van der Waals surface area contributed by atoms with E-state index >= 15 is 0 Å². The molecule has 0 radical (unpaired) electrons. The Bertz CT molecular complexity index is 3240. The summed E-state index contributed by atoms with van der Waals surface area (Å²) in [5.41, 5.74) is 19.8. The fourth-order valence-corrected chi connectivity index (χ4v) is 9.38. The molecule has 0 unspecified atom stereocenters. The highest BCUT2D eigenvalue weighted by molar-refractivity contribution is 6.05. The first kappa shape index (κ1) is 36.4. The summed E-state index contributed by atoms with van der Waals surface area (Å²) in [5.74, 6) is 0.698. The van der Waals surface area contributed by atoms with Gasteiger partial charge in [0.2, 0.25) is 0 Å². The van der Waals surface area contributed by atoms with E-state index < -0.39 is 0 Å². The molecule has 0 atom stereocenters. The van der Waals surface area contributed by atoms with Gasteiger partial charge in [0.05, 0.1) is 11.4 Å². The molecule has 9 aromatic carbocycles. The van der Waals surface area contributed by atoms with Crippen LogP contribution in [0.25, 0.3) is 100 Å². The number of aromatic nitrogens is 2. The molecule has 1 aliphatic rings. The normalized spacial score (nSPS) is 12.6. The number of fused-ring (bicyclic) bond motifs is 4. The third kappa shape index (κ3) is 6.45. The van der Waals surface area contributed by atoms with Crippen molar-refractivity contribution in [2.45, 2.75) is 19.3 Å². The summed E-state index contributed by atoms with van der Waals surface area (Å²) < 4.78 is 0. The largest absolute Gasteiger partial charge is 0.228 e. The van der Waals surface area contributed by atoms with Crippen molar-refractivity contribution in [3.8, 4) is 89.5 Å². The maximum atomic E-state index is 5.28. The summed E-state index contributed by atoms with van der Waals surface area (Å²) in [6, 6.07) is 78.5. The molecule has 61 heavy (non-hydrogen) atoms. The molecule has 1 heterocycles. The molecular formula is C59H42N2. The summed E-state index contributed by atoms with van der Waals surface area (Å²) in [4.78, 5) is 10.5. The van der Waals surface area contributed by atoms with Crippen molar-refractivity contribution >= 4 is 10.8 Å². The van der Waals surface area contributed by atoms with Crippen molar-refractivity contribution in [1.29, 1.82) is 0 Å². The van der Waals surface area contributed by atoms with Gasteiger partial charge < -0.3 is 0 Å². The summed E-state index contributed by atoms with van der Waals surface area (Å²) in [6.45, 7) is 4.68. The quantitative estimate of drug-likeness (QED) is 0.161. The highest BCUT2D eigenvalue weighted by Crippen LogP contribution is 2.49. The van der Waals surface area contributed by atoms with Gasteiger partial charge in [-0.25, -0.2) is 9.97 Å². The Morgan fingerprint density at radius 3 is 1.48 bits per heavy atom. The standard InChI is InChI=1S/C59H42N2/c1-59(2)54-25-15-14-24-50(54)51-33-30-44(37-55(51)59)39-26-28-42(29-27-39)46-34-35-52(49-23-13-12-22-48(46)49)57-38-56(60-58(61-57)43-20-10-5-11-21-43)45-31-32-47(40-16-6-3-7-17-40)53(36-45)41-18-8-4-9-19-41/h3-38H,1-2H3. The van der Waals surface area contributed by atoms with Crippen LogP contribution in [0.5, 0.6) is 0 Å². The topological polar surface area (TPSA) is 25.8 Å². The molecule has 1 aromatic heterocycles. The Balaban J connectivity index is 0.999. The molecule has 0 saturated heterocycles. The van der Waals surface area contributed by atoms with Crippen LogP contribution in [-0.2, 0) is 5.41 Å². The van der Waals surface area contributed by atoms with E-state index in [0.717, 1.165) is 44.6 Å². The Labute approximate surface area is 357 Å². The molecule has 0 N–H and O–H groups in total. The van der Waals surface area contributed by atoms with Crippen molar-refractivity contribution in [3.63, 3.8) is 0 Å². The molecule has 0 bridgehead atoms. The van der Waals surface area contributed by atoms with Crippen LogP contribution in [0.4, 0.5) is 0 Å². The van der Waals surface area contributed by atoms with Crippen LogP contribution in [-0.4, -0.2) is 9.97 Å². The van der Waals surface area contributed by atoms with Crippen LogP contribution in [0.3, 0.4) is 0 Å². The van der Waals surface area contributed by atoms with E-state index in [2.05, 4.69) is 214 Å². The van der Waals surface area contributed by atoms with Crippen molar-refractivity contribution in [1.82, 2.24) is 9.97 Å². The molecule has 11 rings (SSSR count). The second kappa shape index (κ2) is 14.9. The first-order chi connectivity index (χ1) is 30.0. The van der Waals surface area contributed by atoms with Crippen molar-refractivity contribution in [3.05, 3.63) is 230 Å². The zero-order chi connectivity index (χ0) is 40.9. The molecule has 10 aromatic rings. The highest BCUT2D eigenvalue weighted by atomic mass is 14.9. The minimum Gasteiger partial charge on any atom is -0.228 e. The van der Waals surface area contributed by atoms with E-state index in [1.54, 1.807) is 0 Å². The van der Waals surface area contributed by atoms with Crippen molar-refractivity contribution in [2.24, 2.45) is 0 Å². The Morgan fingerprint density at radius 1 is 0.279 bits per heavy atom. The van der Waals surface area contributed by atoms with Gasteiger partial charge in [0.25, 0.3) is 0 Å². The van der Waals surface area contributed by atoms with Gasteiger partial charge in [0, 0.05) is 22.1 Å².